The standard InChI is InChI=1S/C19H21N3O3/c1-20-19(24)22-18(23)17(13-7-3-2-4-8-13)21-15-11-12-25-16-10-6-5-9-14(15)16/h2-10,15,17,21H,11-12H2,1H3,(H2,20,22,23,24)/p+1/t15-,17-/m0/s1. The highest BCUT2D eigenvalue weighted by atomic mass is 16.5. The normalized spacial score (nSPS) is 16.9. The van der Waals surface area contributed by atoms with Crippen LogP contribution in [0.3, 0.4) is 0 Å². The number of quaternary nitrogens is 1. The smallest absolute Gasteiger partial charge is 0.321 e. The number of para-hydroxylation sites is 1. The molecule has 0 fully saturated rings. The minimum absolute atomic E-state index is 0.0885. The second-order valence-corrected chi connectivity index (χ2v) is 5.93. The van der Waals surface area contributed by atoms with Gasteiger partial charge in [0.05, 0.1) is 12.2 Å². The van der Waals surface area contributed by atoms with Gasteiger partial charge in [0, 0.05) is 19.0 Å². The molecular weight excluding hydrogens is 318 g/mol. The van der Waals surface area contributed by atoms with Crippen LogP contribution in [-0.2, 0) is 4.79 Å². The maximum Gasteiger partial charge on any atom is 0.321 e. The van der Waals surface area contributed by atoms with Crippen molar-refractivity contribution >= 4 is 11.9 Å². The van der Waals surface area contributed by atoms with Gasteiger partial charge in [-0.3, -0.25) is 10.1 Å². The summed E-state index contributed by atoms with van der Waals surface area (Å²) in [5.74, 6) is 0.517. The highest BCUT2D eigenvalue weighted by molar-refractivity contribution is 5.96. The minimum atomic E-state index is -0.519. The first kappa shape index (κ1) is 17.0. The van der Waals surface area contributed by atoms with E-state index in [0.717, 1.165) is 23.3 Å². The number of urea groups is 1. The summed E-state index contributed by atoms with van der Waals surface area (Å²) in [6, 6.07) is 16.4. The third-order valence-corrected chi connectivity index (χ3v) is 4.33. The number of rotatable bonds is 4. The molecule has 1 heterocycles. The van der Waals surface area contributed by atoms with E-state index in [1.165, 1.54) is 7.05 Å². The van der Waals surface area contributed by atoms with E-state index in [1.807, 2.05) is 59.9 Å². The Kier molecular flexibility index (Phi) is 5.30. The van der Waals surface area contributed by atoms with E-state index >= 15 is 0 Å². The number of fused-ring (bicyclic) bond motifs is 1. The van der Waals surface area contributed by atoms with Gasteiger partial charge in [-0.25, -0.2) is 4.79 Å². The minimum Gasteiger partial charge on any atom is -0.493 e. The monoisotopic (exact) mass is 340 g/mol. The summed E-state index contributed by atoms with van der Waals surface area (Å²) in [7, 11) is 1.48. The molecule has 0 saturated heterocycles. The molecule has 4 N–H and O–H groups in total. The average Bonchev–Trinajstić information content (AvgIpc) is 2.66. The first-order chi connectivity index (χ1) is 12.2. The molecule has 0 saturated carbocycles. The van der Waals surface area contributed by atoms with Crippen LogP contribution in [-0.4, -0.2) is 25.6 Å². The van der Waals surface area contributed by atoms with E-state index in [4.69, 9.17) is 4.74 Å². The zero-order valence-electron chi connectivity index (χ0n) is 14.1. The number of imide groups is 1. The quantitative estimate of drug-likeness (QED) is 0.784. The summed E-state index contributed by atoms with van der Waals surface area (Å²) < 4.78 is 5.70. The second-order valence-electron chi connectivity index (χ2n) is 5.93. The molecule has 3 amide bonds. The van der Waals surface area contributed by atoms with E-state index in [1.54, 1.807) is 0 Å². The third kappa shape index (κ3) is 3.97. The number of carbonyl (C=O) groups is 2. The summed E-state index contributed by atoms with van der Waals surface area (Å²) in [4.78, 5) is 24.2. The van der Waals surface area contributed by atoms with Crippen molar-refractivity contribution in [2.24, 2.45) is 0 Å². The predicted octanol–water partition coefficient (Wildman–Crippen LogP) is 1.27. The van der Waals surface area contributed by atoms with Gasteiger partial charge in [0.1, 0.15) is 11.8 Å². The molecule has 0 radical (unpaired) electrons. The molecule has 0 aliphatic carbocycles. The second kappa shape index (κ2) is 7.81. The maximum absolute atomic E-state index is 12.7. The number of carbonyl (C=O) groups excluding carboxylic acids is 2. The maximum atomic E-state index is 12.7. The molecule has 0 bridgehead atoms. The molecule has 2 aromatic carbocycles. The van der Waals surface area contributed by atoms with E-state index in [2.05, 4.69) is 10.6 Å². The van der Waals surface area contributed by atoms with Gasteiger partial charge in [-0.1, -0.05) is 42.5 Å². The van der Waals surface area contributed by atoms with Crippen molar-refractivity contribution in [1.82, 2.24) is 10.6 Å². The van der Waals surface area contributed by atoms with Crippen molar-refractivity contribution < 1.29 is 19.6 Å². The lowest BCUT2D eigenvalue weighted by Gasteiger charge is -2.27. The highest BCUT2D eigenvalue weighted by Crippen LogP contribution is 2.29. The molecular formula is C19H22N3O3+. The fraction of sp³-hybridized carbons (Fsp3) is 0.263. The van der Waals surface area contributed by atoms with Crippen molar-refractivity contribution in [1.29, 1.82) is 0 Å². The summed E-state index contributed by atoms with van der Waals surface area (Å²) in [5, 5.41) is 6.82. The van der Waals surface area contributed by atoms with Crippen molar-refractivity contribution in [3.63, 3.8) is 0 Å². The number of amides is 3. The Balaban J connectivity index is 1.86. The van der Waals surface area contributed by atoms with E-state index in [-0.39, 0.29) is 11.9 Å². The first-order valence-electron chi connectivity index (χ1n) is 8.33. The van der Waals surface area contributed by atoms with Gasteiger partial charge in [-0.2, -0.15) is 0 Å². The van der Waals surface area contributed by atoms with Crippen LogP contribution in [0.25, 0.3) is 0 Å². The molecule has 130 valence electrons. The lowest BCUT2D eigenvalue weighted by molar-refractivity contribution is -0.723. The molecule has 2 atom stereocenters. The van der Waals surface area contributed by atoms with Gasteiger partial charge in [0.2, 0.25) is 0 Å². The Morgan fingerprint density at radius 3 is 2.60 bits per heavy atom. The summed E-state index contributed by atoms with van der Waals surface area (Å²) >= 11 is 0. The average molecular weight is 340 g/mol. The van der Waals surface area contributed by atoms with E-state index < -0.39 is 12.1 Å². The molecule has 2 aromatic rings. The molecule has 1 aliphatic rings. The zero-order valence-corrected chi connectivity index (χ0v) is 14.1. The van der Waals surface area contributed by atoms with Gasteiger partial charge >= 0.3 is 6.03 Å². The first-order valence-corrected chi connectivity index (χ1v) is 8.33. The molecule has 6 nitrogen and oxygen atoms in total. The van der Waals surface area contributed by atoms with Crippen molar-refractivity contribution in [3.8, 4) is 5.75 Å². The van der Waals surface area contributed by atoms with Crippen LogP contribution in [0.2, 0.25) is 0 Å². The number of benzene rings is 2. The van der Waals surface area contributed by atoms with Gasteiger partial charge in [0.15, 0.2) is 6.04 Å². The fourth-order valence-corrected chi connectivity index (χ4v) is 3.06. The van der Waals surface area contributed by atoms with Crippen LogP contribution < -0.4 is 20.7 Å². The number of ether oxygens (including phenoxy) is 1. The van der Waals surface area contributed by atoms with Crippen LogP contribution in [0.4, 0.5) is 4.79 Å². The molecule has 1 aliphatic heterocycles. The zero-order chi connectivity index (χ0) is 17.6. The molecule has 0 spiro atoms. The van der Waals surface area contributed by atoms with Crippen LogP contribution in [0.5, 0.6) is 5.75 Å². The van der Waals surface area contributed by atoms with Crippen molar-refractivity contribution in [3.05, 3.63) is 65.7 Å². The highest BCUT2D eigenvalue weighted by Gasteiger charge is 2.32. The Labute approximate surface area is 146 Å². The Morgan fingerprint density at radius 2 is 1.84 bits per heavy atom. The molecule has 3 rings (SSSR count). The van der Waals surface area contributed by atoms with Gasteiger partial charge in [-0.05, 0) is 12.1 Å². The Bertz CT molecular complexity index is 749. The molecule has 0 aromatic heterocycles. The third-order valence-electron chi connectivity index (χ3n) is 4.33. The van der Waals surface area contributed by atoms with E-state index in [0.29, 0.717) is 6.61 Å². The lowest BCUT2D eigenvalue weighted by Crippen LogP contribution is -2.89. The van der Waals surface area contributed by atoms with E-state index in [9.17, 15) is 9.59 Å². The van der Waals surface area contributed by atoms with Crippen molar-refractivity contribution in [2.75, 3.05) is 13.7 Å². The van der Waals surface area contributed by atoms with Crippen molar-refractivity contribution in [2.45, 2.75) is 18.5 Å². The SMILES string of the molecule is CNC(=O)NC(=O)[C@@H]([NH2+][C@H]1CCOc2ccccc21)c1ccccc1. The van der Waals surface area contributed by atoms with Crippen LogP contribution in [0.15, 0.2) is 54.6 Å². The lowest BCUT2D eigenvalue weighted by atomic mass is 9.97. The number of nitrogens with two attached hydrogens (primary N) is 1. The van der Waals surface area contributed by atoms with Gasteiger partial charge < -0.3 is 15.4 Å². The number of hydrogen-bond acceptors (Lipinski definition) is 3. The summed E-state index contributed by atoms with van der Waals surface area (Å²) in [6.07, 6.45) is 0.799. The van der Waals surface area contributed by atoms with Crippen LogP contribution in [0.1, 0.15) is 29.6 Å². The fourth-order valence-electron chi connectivity index (χ4n) is 3.06. The largest absolute Gasteiger partial charge is 0.493 e. The number of hydrogen-bond donors (Lipinski definition) is 3. The Morgan fingerprint density at radius 1 is 1.12 bits per heavy atom. The number of nitrogens with one attached hydrogen (secondary N) is 2. The van der Waals surface area contributed by atoms with Gasteiger partial charge in [0.25, 0.3) is 5.91 Å². The summed E-state index contributed by atoms with van der Waals surface area (Å²) in [5.41, 5.74) is 1.93. The van der Waals surface area contributed by atoms with Crippen LogP contribution >= 0.6 is 0 Å². The van der Waals surface area contributed by atoms with Crippen LogP contribution in [0, 0.1) is 0 Å². The molecule has 6 heteroatoms. The van der Waals surface area contributed by atoms with Gasteiger partial charge in [-0.15, -0.1) is 0 Å². The predicted molar refractivity (Wildman–Crippen MR) is 93.0 cm³/mol. The molecule has 25 heavy (non-hydrogen) atoms. The molecule has 0 unspecified atom stereocenters. The Hall–Kier alpha value is -2.86. The topological polar surface area (TPSA) is 84.0 Å². The summed E-state index contributed by atoms with van der Waals surface area (Å²) in [6.45, 7) is 0.608.